The minimum atomic E-state index is -0.694. The number of nitrogens with two attached hydrogens (primary N) is 2. The second kappa shape index (κ2) is 2.56. The molecule has 0 aromatic carbocycles. The Kier molecular flexibility index (Phi) is 1.92. The van der Waals surface area contributed by atoms with E-state index in [4.69, 9.17) is 10.8 Å². The number of rotatable bonds is 3. The summed E-state index contributed by atoms with van der Waals surface area (Å²) in [6.45, 7) is 1.86. The summed E-state index contributed by atoms with van der Waals surface area (Å²) in [6, 6.07) is 0. The van der Waals surface area contributed by atoms with Crippen molar-refractivity contribution < 1.29 is 15.2 Å². The molecular weight excluding hydrogens is 132 g/mol. The lowest BCUT2D eigenvalue weighted by molar-refractivity contribution is -0.735. The first-order chi connectivity index (χ1) is 4.71. The molecule has 1 rings (SSSR count). The van der Waals surface area contributed by atoms with Crippen LogP contribution < -0.4 is 11.1 Å². The van der Waals surface area contributed by atoms with Gasteiger partial charge in [-0.1, -0.05) is 0 Å². The van der Waals surface area contributed by atoms with Gasteiger partial charge in [-0.2, -0.15) is 0 Å². The summed E-state index contributed by atoms with van der Waals surface area (Å²) in [5.74, 6) is -0.694. The van der Waals surface area contributed by atoms with Gasteiger partial charge in [-0.25, -0.2) is 0 Å². The van der Waals surface area contributed by atoms with Crippen LogP contribution >= 0.6 is 0 Å². The van der Waals surface area contributed by atoms with Crippen molar-refractivity contribution in [2.24, 2.45) is 11.1 Å². The fourth-order valence-corrected chi connectivity index (χ4v) is 1.25. The van der Waals surface area contributed by atoms with Gasteiger partial charge in [0.1, 0.15) is 0 Å². The Labute approximate surface area is 59.4 Å². The van der Waals surface area contributed by atoms with Crippen LogP contribution in [-0.4, -0.2) is 30.7 Å². The highest BCUT2D eigenvalue weighted by Gasteiger charge is 2.48. The third kappa shape index (κ3) is 0.998. The quantitative estimate of drug-likeness (QED) is 0.429. The maximum absolute atomic E-state index is 10.6. The van der Waals surface area contributed by atoms with Gasteiger partial charge < -0.3 is 16.2 Å². The van der Waals surface area contributed by atoms with Crippen molar-refractivity contribution in [3.63, 3.8) is 0 Å². The highest BCUT2D eigenvalue weighted by Crippen LogP contribution is 2.21. The van der Waals surface area contributed by atoms with Gasteiger partial charge in [-0.3, -0.25) is 4.79 Å². The Morgan fingerprint density at radius 1 is 1.70 bits per heavy atom. The molecule has 4 heteroatoms. The zero-order valence-electron chi connectivity index (χ0n) is 5.84. The highest BCUT2D eigenvalue weighted by molar-refractivity contribution is 5.75. The molecule has 10 heavy (non-hydrogen) atoms. The van der Waals surface area contributed by atoms with Crippen molar-refractivity contribution in [1.29, 1.82) is 0 Å². The van der Waals surface area contributed by atoms with Crippen LogP contribution in [0.5, 0.6) is 0 Å². The predicted molar refractivity (Wildman–Crippen MR) is 35.4 cm³/mol. The number of aliphatic carboxylic acids is 1. The van der Waals surface area contributed by atoms with E-state index in [0.29, 0.717) is 26.1 Å². The van der Waals surface area contributed by atoms with Crippen LogP contribution in [0, 0.1) is 5.41 Å². The Bertz CT molecular complexity index is 143. The number of hydrogen-bond acceptors (Lipinski definition) is 2. The van der Waals surface area contributed by atoms with Gasteiger partial charge in [-0.15, -0.1) is 0 Å². The van der Waals surface area contributed by atoms with Gasteiger partial charge in [0.15, 0.2) is 5.41 Å². The van der Waals surface area contributed by atoms with Gasteiger partial charge in [0, 0.05) is 0 Å². The second-order valence-electron chi connectivity index (χ2n) is 2.82. The third-order valence-electron chi connectivity index (χ3n) is 2.15. The lowest BCUT2D eigenvalue weighted by atomic mass is 9.79. The first kappa shape index (κ1) is 7.50. The van der Waals surface area contributed by atoms with Crippen LogP contribution in [0.4, 0.5) is 0 Å². The van der Waals surface area contributed by atoms with Crippen LogP contribution in [0.2, 0.25) is 0 Å². The Morgan fingerprint density at radius 3 is 2.40 bits per heavy atom. The molecule has 1 heterocycles. The fraction of sp³-hybridized carbons (Fsp3) is 0.833. The van der Waals surface area contributed by atoms with Gasteiger partial charge in [0.2, 0.25) is 0 Å². The minimum Gasteiger partial charge on any atom is -0.480 e. The topological polar surface area (TPSA) is 79.9 Å². The highest BCUT2D eigenvalue weighted by atomic mass is 16.4. The van der Waals surface area contributed by atoms with Crippen molar-refractivity contribution in [2.45, 2.75) is 6.42 Å². The molecule has 0 aromatic heterocycles. The minimum absolute atomic E-state index is 0.472. The average molecular weight is 145 g/mol. The Morgan fingerprint density at radius 2 is 2.30 bits per heavy atom. The largest absolute Gasteiger partial charge is 0.480 e. The molecule has 5 N–H and O–H groups in total. The summed E-state index contributed by atoms with van der Waals surface area (Å²) < 4.78 is 0. The fourth-order valence-electron chi connectivity index (χ4n) is 1.25. The molecule has 0 spiro atoms. The lowest BCUT2D eigenvalue weighted by Gasteiger charge is -2.33. The molecule has 0 aromatic rings. The molecule has 58 valence electrons. The molecule has 0 aliphatic carbocycles. The van der Waals surface area contributed by atoms with Crippen molar-refractivity contribution in [3.05, 3.63) is 0 Å². The van der Waals surface area contributed by atoms with E-state index in [2.05, 4.69) is 0 Å². The van der Waals surface area contributed by atoms with E-state index in [1.54, 1.807) is 0 Å². The number of carbonyl (C=O) groups is 1. The third-order valence-corrected chi connectivity index (χ3v) is 2.15. The summed E-state index contributed by atoms with van der Waals surface area (Å²) >= 11 is 0. The molecule has 4 nitrogen and oxygen atoms in total. The lowest BCUT2D eigenvalue weighted by Crippen LogP contribution is -3.01. The smallest absolute Gasteiger partial charge is 0.321 e. The molecule has 1 saturated heterocycles. The maximum atomic E-state index is 10.6. The number of carboxylic acids is 1. The Balaban J connectivity index is 2.50. The average Bonchev–Trinajstić information content (AvgIpc) is 1.77. The maximum Gasteiger partial charge on any atom is 0.321 e. The molecule has 1 fully saturated rings. The summed E-state index contributed by atoms with van der Waals surface area (Å²) in [6.07, 6.45) is 0.610. The molecule has 0 saturated carbocycles. The van der Waals surface area contributed by atoms with E-state index < -0.39 is 11.4 Å². The van der Waals surface area contributed by atoms with Crippen molar-refractivity contribution in [2.75, 3.05) is 19.6 Å². The van der Waals surface area contributed by atoms with E-state index in [9.17, 15) is 4.79 Å². The number of carboxylic acid groups (broad SMARTS) is 1. The van der Waals surface area contributed by atoms with Crippen molar-refractivity contribution in [3.8, 4) is 0 Å². The van der Waals surface area contributed by atoms with Crippen molar-refractivity contribution in [1.82, 2.24) is 0 Å². The van der Waals surface area contributed by atoms with Gasteiger partial charge in [0.05, 0.1) is 13.1 Å². The molecule has 0 amide bonds. The van der Waals surface area contributed by atoms with Crippen LogP contribution in [0.3, 0.4) is 0 Å². The molecule has 0 unspecified atom stereocenters. The van der Waals surface area contributed by atoms with Crippen LogP contribution in [0.1, 0.15) is 6.42 Å². The summed E-state index contributed by atoms with van der Waals surface area (Å²) in [5, 5.41) is 10.7. The summed E-state index contributed by atoms with van der Waals surface area (Å²) in [4.78, 5) is 10.6. The predicted octanol–water partition coefficient (Wildman–Crippen LogP) is -2.02. The number of hydrogen-bond donors (Lipinski definition) is 3. The molecule has 0 atom stereocenters. The van der Waals surface area contributed by atoms with Crippen LogP contribution in [0.25, 0.3) is 0 Å². The zero-order valence-corrected chi connectivity index (χ0v) is 5.84. The molecule has 0 bridgehead atoms. The van der Waals surface area contributed by atoms with E-state index in [1.807, 2.05) is 5.32 Å². The standard InChI is InChI=1S/C6H12N2O2/c7-2-1-6(5(9)10)3-8-4-6/h8H,1-4,7H2,(H,9,10)/p+1. The molecule has 1 aliphatic rings. The second-order valence-corrected chi connectivity index (χ2v) is 2.82. The van der Waals surface area contributed by atoms with E-state index in [-0.39, 0.29) is 0 Å². The van der Waals surface area contributed by atoms with Crippen LogP contribution in [-0.2, 0) is 4.79 Å². The van der Waals surface area contributed by atoms with Crippen LogP contribution in [0.15, 0.2) is 0 Å². The Hall–Kier alpha value is -0.610. The summed E-state index contributed by atoms with van der Waals surface area (Å²) in [5.41, 5.74) is 4.79. The molecule has 1 aliphatic heterocycles. The van der Waals surface area contributed by atoms with E-state index in [0.717, 1.165) is 0 Å². The van der Waals surface area contributed by atoms with Gasteiger partial charge in [0.25, 0.3) is 0 Å². The normalized spacial score (nSPS) is 21.7. The first-order valence-electron chi connectivity index (χ1n) is 3.46. The monoisotopic (exact) mass is 145 g/mol. The van der Waals surface area contributed by atoms with Gasteiger partial charge in [-0.05, 0) is 13.0 Å². The summed E-state index contributed by atoms with van der Waals surface area (Å²) in [7, 11) is 0. The molecule has 0 radical (unpaired) electrons. The van der Waals surface area contributed by atoms with Crippen molar-refractivity contribution >= 4 is 5.97 Å². The first-order valence-corrected chi connectivity index (χ1v) is 3.46. The van der Waals surface area contributed by atoms with E-state index >= 15 is 0 Å². The zero-order chi connectivity index (χ0) is 7.61. The van der Waals surface area contributed by atoms with E-state index in [1.165, 1.54) is 0 Å². The SMILES string of the molecule is NCCC1(C(=O)O)C[NH2+]C1. The molecular formula is C6H13N2O2+. The number of quaternary nitrogens is 1. The van der Waals surface area contributed by atoms with Gasteiger partial charge >= 0.3 is 5.97 Å².